The second kappa shape index (κ2) is 3.38. The van der Waals surface area contributed by atoms with Gasteiger partial charge in [0.05, 0.1) is 11.8 Å². The molecule has 0 unspecified atom stereocenters. The fourth-order valence-electron chi connectivity index (χ4n) is 2.88. The van der Waals surface area contributed by atoms with Crippen LogP contribution >= 0.6 is 0 Å². The standard InChI is InChI=1S/C14H13N3O/c15-14-11(7-16-18-14)8-4-5-13-10(6-8)9-2-1-3-12(9)17-13/h4-7,17H,1-3,15H2. The topological polar surface area (TPSA) is 67.8 Å². The Morgan fingerprint density at radius 2 is 2.22 bits per heavy atom. The number of aromatic amines is 1. The number of anilines is 1. The third-order valence-electron chi connectivity index (χ3n) is 3.76. The van der Waals surface area contributed by atoms with Crippen LogP contribution in [0.2, 0.25) is 0 Å². The van der Waals surface area contributed by atoms with Gasteiger partial charge in [0.1, 0.15) is 0 Å². The first-order valence-electron chi connectivity index (χ1n) is 6.17. The Morgan fingerprint density at radius 1 is 1.28 bits per heavy atom. The molecule has 0 radical (unpaired) electrons. The van der Waals surface area contributed by atoms with Gasteiger partial charge in [0.25, 0.3) is 0 Å². The van der Waals surface area contributed by atoms with Gasteiger partial charge in [-0.25, -0.2) is 0 Å². The van der Waals surface area contributed by atoms with Gasteiger partial charge in [-0.05, 0) is 42.5 Å². The summed E-state index contributed by atoms with van der Waals surface area (Å²) in [4.78, 5) is 3.49. The highest BCUT2D eigenvalue weighted by molar-refractivity contribution is 5.90. The monoisotopic (exact) mass is 239 g/mol. The summed E-state index contributed by atoms with van der Waals surface area (Å²) in [6, 6.07) is 6.34. The van der Waals surface area contributed by atoms with Crippen molar-refractivity contribution in [1.82, 2.24) is 10.1 Å². The minimum Gasteiger partial charge on any atom is -0.367 e. The third-order valence-corrected chi connectivity index (χ3v) is 3.76. The van der Waals surface area contributed by atoms with Crippen molar-refractivity contribution in [2.75, 3.05) is 5.73 Å². The summed E-state index contributed by atoms with van der Waals surface area (Å²) in [5.41, 5.74) is 11.8. The Kier molecular flexibility index (Phi) is 1.84. The number of nitrogens with zero attached hydrogens (tertiary/aromatic N) is 1. The fraction of sp³-hybridized carbons (Fsp3) is 0.214. The summed E-state index contributed by atoms with van der Waals surface area (Å²) in [7, 11) is 0. The normalized spacial score (nSPS) is 14.2. The largest absolute Gasteiger partial charge is 0.367 e. The average Bonchev–Trinajstić information content (AvgIpc) is 3.03. The lowest BCUT2D eigenvalue weighted by Gasteiger charge is -2.00. The number of nitrogens with one attached hydrogen (secondary N) is 1. The molecule has 18 heavy (non-hydrogen) atoms. The van der Waals surface area contributed by atoms with Gasteiger partial charge in [-0.15, -0.1) is 0 Å². The molecule has 0 amide bonds. The number of nitrogen functional groups attached to an aromatic ring is 1. The molecule has 2 aromatic heterocycles. The van der Waals surface area contributed by atoms with Crippen molar-refractivity contribution in [3.63, 3.8) is 0 Å². The highest BCUT2D eigenvalue weighted by Crippen LogP contribution is 2.34. The number of benzene rings is 1. The molecule has 3 aromatic rings. The molecule has 0 atom stereocenters. The van der Waals surface area contributed by atoms with Gasteiger partial charge >= 0.3 is 0 Å². The molecule has 4 nitrogen and oxygen atoms in total. The molecular weight excluding hydrogens is 226 g/mol. The molecule has 2 heterocycles. The summed E-state index contributed by atoms with van der Waals surface area (Å²) >= 11 is 0. The van der Waals surface area contributed by atoms with Crippen LogP contribution in [0.5, 0.6) is 0 Å². The number of aromatic nitrogens is 2. The second-order valence-electron chi connectivity index (χ2n) is 4.80. The van der Waals surface area contributed by atoms with E-state index < -0.39 is 0 Å². The summed E-state index contributed by atoms with van der Waals surface area (Å²) in [5.74, 6) is 0.376. The van der Waals surface area contributed by atoms with Crippen molar-refractivity contribution in [3.8, 4) is 11.1 Å². The quantitative estimate of drug-likeness (QED) is 0.686. The minimum atomic E-state index is 0.376. The van der Waals surface area contributed by atoms with Crippen LogP contribution in [0, 0.1) is 0 Å². The van der Waals surface area contributed by atoms with Crippen LogP contribution in [0.3, 0.4) is 0 Å². The first-order chi connectivity index (χ1) is 8.83. The zero-order valence-corrected chi connectivity index (χ0v) is 9.86. The number of rotatable bonds is 1. The average molecular weight is 239 g/mol. The predicted molar refractivity (Wildman–Crippen MR) is 70.2 cm³/mol. The number of hydrogen-bond acceptors (Lipinski definition) is 3. The first kappa shape index (κ1) is 9.76. The zero-order valence-electron chi connectivity index (χ0n) is 9.86. The van der Waals surface area contributed by atoms with Gasteiger partial charge in [0, 0.05) is 16.6 Å². The van der Waals surface area contributed by atoms with Crippen molar-refractivity contribution in [3.05, 3.63) is 35.7 Å². The molecule has 0 spiro atoms. The number of fused-ring (bicyclic) bond motifs is 3. The van der Waals surface area contributed by atoms with E-state index in [2.05, 4.69) is 28.3 Å². The van der Waals surface area contributed by atoms with Crippen molar-refractivity contribution in [2.24, 2.45) is 0 Å². The maximum atomic E-state index is 5.77. The van der Waals surface area contributed by atoms with E-state index in [4.69, 9.17) is 10.3 Å². The van der Waals surface area contributed by atoms with Crippen LogP contribution in [-0.4, -0.2) is 10.1 Å². The fourth-order valence-corrected chi connectivity index (χ4v) is 2.88. The number of aryl methyl sites for hydroxylation is 2. The lowest BCUT2D eigenvalue weighted by molar-refractivity contribution is 0.436. The van der Waals surface area contributed by atoms with Crippen molar-refractivity contribution < 1.29 is 4.52 Å². The first-order valence-corrected chi connectivity index (χ1v) is 6.17. The summed E-state index contributed by atoms with van der Waals surface area (Å²) in [6.45, 7) is 0. The maximum absolute atomic E-state index is 5.77. The molecule has 0 aliphatic heterocycles. The van der Waals surface area contributed by atoms with Gasteiger partial charge in [-0.1, -0.05) is 11.2 Å². The van der Waals surface area contributed by atoms with E-state index in [9.17, 15) is 0 Å². The summed E-state index contributed by atoms with van der Waals surface area (Å²) < 4.78 is 4.93. The highest BCUT2D eigenvalue weighted by atomic mass is 16.5. The number of H-pyrrole nitrogens is 1. The molecule has 0 saturated heterocycles. The van der Waals surface area contributed by atoms with Gasteiger partial charge in [-0.2, -0.15) is 0 Å². The van der Waals surface area contributed by atoms with Crippen LogP contribution in [0.25, 0.3) is 22.0 Å². The Labute approximate surface area is 104 Å². The molecule has 4 heteroatoms. The molecule has 1 aromatic carbocycles. The van der Waals surface area contributed by atoms with E-state index >= 15 is 0 Å². The molecule has 4 rings (SSSR count). The molecule has 0 fully saturated rings. The third kappa shape index (κ3) is 1.23. The Balaban J connectivity index is 1.96. The number of nitrogens with two attached hydrogens (primary N) is 1. The molecule has 1 aliphatic carbocycles. The van der Waals surface area contributed by atoms with Crippen LogP contribution in [0.15, 0.2) is 28.9 Å². The number of hydrogen-bond donors (Lipinski definition) is 2. The van der Waals surface area contributed by atoms with E-state index in [0.29, 0.717) is 5.88 Å². The van der Waals surface area contributed by atoms with Gasteiger partial charge in [0.15, 0.2) is 0 Å². The smallest absolute Gasteiger partial charge is 0.229 e. The predicted octanol–water partition coefficient (Wildman–Crippen LogP) is 2.89. The van der Waals surface area contributed by atoms with Gasteiger partial charge in [0.2, 0.25) is 5.88 Å². The van der Waals surface area contributed by atoms with Crippen LogP contribution < -0.4 is 5.73 Å². The molecule has 3 N–H and O–H groups in total. The molecule has 1 aliphatic rings. The SMILES string of the molecule is Nc1oncc1-c1ccc2[nH]c3c(c2c1)CCC3. The van der Waals surface area contributed by atoms with E-state index in [-0.39, 0.29) is 0 Å². The lowest BCUT2D eigenvalue weighted by Crippen LogP contribution is -1.85. The lowest BCUT2D eigenvalue weighted by atomic mass is 10.0. The van der Waals surface area contributed by atoms with Gasteiger partial charge < -0.3 is 15.2 Å². The molecule has 90 valence electrons. The Bertz CT molecular complexity index is 739. The van der Waals surface area contributed by atoms with Crippen LogP contribution in [-0.2, 0) is 12.8 Å². The molecule has 0 bridgehead atoms. The van der Waals surface area contributed by atoms with Crippen molar-refractivity contribution >= 4 is 16.8 Å². The zero-order chi connectivity index (χ0) is 12.1. The Hall–Kier alpha value is -2.23. The van der Waals surface area contributed by atoms with E-state index in [0.717, 1.165) is 24.0 Å². The minimum absolute atomic E-state index is 0.376. The highest BCUT2D eigenvalue weighted by Gasteiger charge is 2.17. The second-order valence-corrected chi connectivity index (χ2v) is 4.80. The van der Waals surface area contributed by atoms with Crippen LogP contribution in [0.4, 0.5) is 5.88 Å². The van der Waals surface area contributed by atoms with Gasteiger partial charge in [-0.3, -0.25) is 0 Å². The van der Waals surface area contributed by atoms with E-state index in [1.807, 2.05) is 0 Å². The summed E-state index contributed by atoms with van der Waals surface area (Å²) in [6.07, 6.45) is 5.24. The molecular formula is C14H13N3O. The van der Waals surface area contributed by atoms with Crippen molar-refractivity contribution in [1.29, 1.82) is 0 Å². The van der Waals surface area contributed by atoms with Crippen molar-refractivity contribution in [2.45, 2.75) is 19.3 Å². The summed E-state index contributed by atoms with van der Waals surface area (Å²) in [5, 5.41) is 5.04. The maximum Gasteiger partial charge on any atom is 0.229 e. The van der Waals surface area contributed by atoms with E-state index in [1.165, 1.54) is 28.6 Å². The molecule has 0 saturated carbocycles. The Morgan fingerprint density at radius 3 is 3.06 bits per heavy atom. The van der Waals surface area contributed by atoms with Crippen LogP contribution in [0.1, 0.15) is 17.7 Å². The van der Waals surface area contributed by atoms with E-state index in [1.54, 1.807) is 6.20 Å².